The number of nitrogens with zero attached hydrogens (tertiary/aromatic N) is 2. The predicted octanol–water partition coefficient (Wildman–Crippen LogP) is 1.49. The van der Waals surface area contributed by atoms with Gasteiger partial charge < -0.3 is 11.1 Å². The topological polar surface area (TPSA) is 111 Å². The number of amides is 1. The fourth-order valence-electron chi connectivity index (χ4n) is 2.01. The number of nitrogens with one attached hydrogen (secondary N) is 1. The van der Waals surface area contributed by atoms with Gasteiger partial charge >= 0.3 is 0 Å². The summed E-state index contributed by atoms with van der Waals surface area (Å²) in [6.45, 7) is 0.561. The summed E-state index contributed by atoms with van der Waals surface area (Å²) in [5, 5.41) is 13.4. The number of rotatable bonds is 5. The van der Waals surface area contributed by atoms with Crippen LogP contribution in [0.3, 0.4) is 0 Å². The molecule has 7 nitrogen and oxygen atoms in total. The molecule has 1 amide bonds. The molecule has 19 heavy (non-hydrogen) atoms. The molecule has 7 heteroatoms. The normalized spacial score (nSPS) is 14.7. The number of hydrogen-bond acceptors (Lipinski definition) is 5. The van der Waals surface area contributed by atoms with E-state index in [2.05, 4.69) is 10.3 Å². The van der Waals surface area contributed by atoms with Gasteiger partial charge in [0, 0.05) is 12.6 Å². The lowest BCUT2D eigenvalue weighted by Gasteiger charge is -2.25. The first kappa shape index (κ1) is 13.3. The highest BCUT2D eigenvalue weighted by Gasteiger charge is 2.19. The molecule has 3 N–H and O–H groups in total. The van der Waals surface area contributed by atoms with Gasteiger partial charge in [-0.1, -0.05) is 19.3 Å². The highest BCUT2D eigenvalue weighted by Crippen LogP contribution is 2.28. The molecular weight excluding hydrogens is 248 g/mol. The first-order chi connectivity index (χ1) is 9.08. The maximum absolute atomic E-state index is 11.9. The van der Waals surface area contributed by atoms with Gasteiger partial charge in [-0.25, -0.2) is 4.98 Å². The van der Waals surface area contributed by atoms with E-state index < -0.39 is 10.8 Å². The number of nitro groups is 1. The second kappa shape index (κ2) is 5.64. The largest absolute Gasteiger partial charge is 0.383 e. The van der Waals surface area contributed by atoms with Gasteiger partial charge in [0.15, 0.2) is 0 Å². The van der Waals surface area contributed by atoms with Crippen LogP contribution in [0.25, 0.3) is 0 Å². The van der Waals surface area contributed by atoms with Crippen molar-refractivity contribution in [1.29, 1.82) is 0 Å². The SMILES string of the molecule is Nc1ncc([N+](=O)[O-])cc1C(=O)NCCC1CCC1. The van der Waals surface area contributed by atoms with E-state index >= 15 is 0 Å². The van der Waals surface area contributed by atoms with Crippen molar-refractivity contribution in [2.45, 2.75) is 25.7 Å². The van der Waals surface area contributed by atoms with Crippen molar-refractivity contribution in [3.05, 3.63) is 27.9 Å². The first-order valence-electron chi connectivity index (χ1n) is 6.26. The molecule has 0 aliphatic heterocycles. The second-order valence-electron chi connectivity index (χ2n) is 4.72. The number of nitrogen functional groups attached to an aromatic ring is 1. The summed E-state index contributed by atoms with van der Waals surface area (Å²) in [5.74, 6) is 0.292. The molecule has 102 valence electrons. The predicted molar refractivity (Wildman–Crippen MR) is 69.6 cm³/mol. The molecule has 1 aliphatic rings. The Morgan fingerprint density at radius 2 is 2.32 bits per heavy atom. The number of anilines is 1. The molecule has 1 saturated carbocycles. The molecule has 2 rings (SSSR count). The maximum atomic E-state index is 11.9. The molecule has 0 spiro atoms. The highest BCUT2D eigenvalue weighted by molar-refractivity contribution is 5.98. The third-order valence-corrected chi connectivity index (χ3v) is 3.42. The Balaban J connectivity index is 1.96. The van der Waals surface area contributed by atoms with Crippen LogP contribution in [0.5, 0.6) is 0 Å². The Kier molecular flexibility index (Phi) is 3.94. The molecular formula is C12H16N4O3. The van der Waals surface area contributed by atoms with Crippen LogP contribution in [-0.2, 0) is 0 Å². The average molecular weight is 264 g/mol. The molecule has 1 aromatic heterocycles. The molecule has 0 bridgehead atoms. The zero-order valence-electron chi connectivity index (χ0n) is 10.5. The molecule has 1 heterocycles. The minimum atomic E-state index is -0.600. The fraction of sp³-hybridized carbons (Fsp3) is 0.500. The van der Waals surface area contributed by atoms with Crippen LogP contribution in [0.15, 0.2) is 12.3 Å². The van der Waals surface area contributed by atoms with Crippen molar-refractivity contribution >= 4 is 17.4 Å². The van der Waals surface area contributed by atoms with Crippen LogP contribution in [0.1, 0.15) is 36.0 Å². The molecule has 1 aliphatic carbocycles. The van der Waals surface area contributed by atoms with Gasteiger partial charge in [-0.3, -0.25) is 14.9 Å². The molecule has 0 atom stereocenters. The standard InChI is InChI=1S/C12H16N4O3/c13-11-10(6-9(7-15-11)16(18)19)12(17)14-5-4-8-2-1-3-8/h6-8H,1-5H2,(H2,13,15)(H,14,17). The zero-order valence-corrected chi connectivity index (χ0v) is 10.5. The van der Waals surface area contributed by atoms with Crippen molar-refractivity contribution in [1.82, 2.24) is 10.3 Å². The van der Waals surface area contributed by atoms with Crippen molar-refractivity contribution in [3.8, 4) is 0 Å². The van der Waals surface area contributed by atoms with Gasteiger partial charge in [0.2, 0.25) is 0 Å². The fourth-order valence-corrected chi connectivity index (χ4v) is 2.01. The molecule has 1 fully saturated rings. The Hall–Kier alpha value is -2.18. The highest BCUT2D eigenvalue weighted by atomic mass is 16.6. The van der Waals surface area contributed by atoms with Gasteiger partial charge in [-0.15, -0.1) is 0 Å². The molecule has 0 unspecified atom stereocenters. The van der Waals surface area contributed by atoms with E-state index in [9.17, 15) is 14.9 Å². The Bertz CT molecular complexity index is 500. The van der Waals surface area contributed by atoms with Crippen LogP contribution in [-0.4, -0.2) is 22.4 Å². The lowest BCUT2D eigenvalue weighted by atomic mass is 9.83. The molecule has 0 saturated heterocycles. The molecule has 0 radical (unpaired) electrons. The van der Waals surface area contributed by atoms with Gasteiger partial charge in [0.05, 0.1) is 10.5 Å². The summed E-state index contributed by atoms with van der Waals surface area (Å²) in [5.41, 5.74) is 5.39. The minimum absolute atomic E-state index is 0.00624. The van der Waals surface area contributed by atoms with E-state index in [1.165, 1.54) is 19.3 Å². The number of hydrogen-bond donors (Lipinski definition) is 2. The van der Waals surface area contributed by atoms with Crippen molar-refractivity contribution in [2.24, 2.45) is 5.92 Å². The minimum Gasteiger partial charge on any atom is -0.383 e. The van der Waals surface area contributed by atoms with E-state index in [1.54, 1.807) is 0 Å². The van der Waals surface area contributed by atoms with E-state index in [0.29, 0.717) is 12.5 Å². The van der Waals surface area contributed by atoms with Crippen molar-refractivity contribution in [3.63, 3.8) is 0 Å². The van der Waals surface area contributed by atoms with Crippen LogP contribution >= 0.6 is 0 Å². The van der Waals surface area contributed by atoms with Crippen molar-refractivity contribution in [2.75, 3.05) is 12.3 Å². The van der Waals surface area contributed by atoms with Crippen LogP contribution in [0.2, 0.25) is 0 Å². The van der Waals surface area contributed by atoms with E-state index in [0.717, 1.165) is 18.7 Å². The third-order valence-electron chi connectivity index (χ3n) is 3.42. The van der Waals surface area contributed by atoms with Gasteiger partial charge in [0.25, 0.3) is 11.6 Å². The monoisotopic (exact) mass is 264 g/mol. The van der Waals surface area contributed by atoms with Crippen LogP contribution in [0, 0.1) is 16.0 Å². The lowest BCUT2D eigenvalue weighted by Crippen LogP contribution is -2.28. The summed E-state index contributed by atoms with van der Waals surface area (Å²) in [4.78, 5) is 25.6. The Morgan fingerprint density at radius 1 is 1.58 bits per heavy atom. The lowest BCUT2D eigenvalue weighted by molar-refractivity contribution is -0.385. The van der Waals surface area contributed by atoms with Gasteiger partial charge in [-0.05, 0) is 12.3 Å². The summed E-state index contributed by atoms with van der Waals surface area (Å²) < 4.78 is 0. The second-order valence-corrected chi connectivity index (χ2v) is 4.72. The zero-order chi connectivity index (χ0) is 13.8. The van der Waals surface area contributed by atoms with Crippen LogP contribution in [0.4, 0.5) is 11.5 Å². The summed E-state index contributed by atoms with van der Waals surface area (Å²) in [6.07, 6.45) is 5.68. The Morgan fingerprint density at radius 3 is 2.89 bits per heavy atom. The quantitative estimate of drug-likeness (QED) is 0.618. The van der Waals surface area contributed by atoms with E-state index in [-0.39, 0.29) is 17.1 Å². The van der Waals surface area contributed by atoms with E-state index in [4.69, 9.17) is 5.73 Å². The maximum Gasteiger partial charge on any atom is 0.288 e. The van der Waals surface area contributed by atoms with Crippen LogP contribution < -0.4 is 11.1 Å². The number of carbonyl (C=O) groups excluding carboxylic acids is 1. The summed E-state index contributed by atoms with van der Waals surface area (Å²) >= 11 is 0. The number of nitrogens with two attached hydrogens (primary N) is 1. The molecule has 0 aromatic carbocycles. The molecule has 1 aromatic rings. The average Bonchev–Trinajstić information content (AvgIpc) is 2.32. The first-order valence-corrected chi connectivity index (χ1v) is 6.26. The smallest absolute Gasteiger partial charge is 0.288 e. The Labute approximate surface area is 110 Å². The van der Waals surface area contributed by atoms with Gasteiger partial charge in [-0.2, -0.15) is 0 Å². The number of carbonyl (C=O) groups is 1. The van der Waals surface area contributed by atoms with E-state index in [1.807, 2.05) is 0 Å². The number of aromatic nitrogens is 1. The summed E-state index contributed by atoms with van der Waals surface area (Å²) in [6, 6.07) is 1.15. The number of pyridine rings is 1. The third kappa shape index (κ3) is 3.18. The van der Waals surface area contributed by atoms with Gasteiger partial charge in [0.1, 0.15) is 12.0 Å². The summed E-state index contributed by atoms with van der Waals surface area (Å²) in [7, 11) is 0. The van der Waals surface area contributed by atoms with Crippen molar-refractivity contribution < 1.29 is 9.72 Å².